The number of carbonyl (C=O) groups is 1. The van der Waals surface area contributed by atoms with E-state index in [9.17, 15) is 9.90 Å². The number of benzene rings is 2. The van der Waals surface area contributed by atoms with Gasteiger partial charge in [-0.15, -0.1) is 0 Å². The number of aromatic carboxylic acids is 1. The third-order valence-electron chi connectivity index (χ3n) is 4.54. The lowest BCUT2D eigenvalue weighted by molar-refractivity contribution is 0.0686. The number of pyridine rings is 1. The third-order valence-corrected chi connectivity index (χ3v) is 4.54. The number of oxime groups is 1. The second-order valence-corrected chi connectivity index (χ2v) is 6.15. The minimum absolute atomic E-state index is 0.127. The van der Waals surface area contributed by atoms with Gasteiger partial charge in [-0.05, 0) is 34.5 Å². The fourth-order valence-electron chi connectivity index (χ4n) is 3.26. The average Bonchev–Trinajstić information content (AvgIpc) is 3.05. The summed E-state index contributed by atoms with van der Waals surface area (Å²) in [5.41, 5.74) is 7.48. The Hall–Kier alpha value is -3.87. The molecule has 7 heteroatoms. The van der Waals surface area contributed by atoms with Crippen molar-refractivity contribution in [2.75, 3.05) is 0 Å². The fraction of sp³-hybridized carbons (Fsp3) is 0.0500. The second-order valence-electron chi connectivity index (χ2n) is 6.15. The predicted octanol–water partition coefficient (Wildman–Crippen LogP) is 3.03. The summed E-state index contributed by atoms with van der Waals surface area (Å²) in [5.74, 6) is -1.18. The van der Waals surface area contributed by atoms with Gasteiger partial charge in [0, 0.05) is 5.39 Å². The van der Waals surface area contributed by atoms with Crippen LogP contribution in [0.4, 0.5) is 0 Å². The van der Waals surface area contributed by atoms with Crippen LogP contribution in [0.25, 0.3) is 21.8 Å². The van der Waals surface area contributed by atoms with Crippen molar-refractivity contribution >= 4 is 33.6 Å². The molecule has 0 amide bonds. The average molecular weight is 360 g/mol. The van der Waals surface area contributed by atoms with E-state index in [1.165, 1.54) is 0 Å². The van der Waals surface area contributed by atoms with Crippen LogP contribution in [-0.4, -0.2) is 31.7 Å². The molecule has 7 nitrogen and oxygen atoms in total. The molecule has 0 spiro atoms. The highest BCUT2D eigenvalue weighted by Gasteiger charge is 2.18. The number of aromatic nitrogens is 2. The van der Waals surface area contributed by atoms with Gasteiger partial charge in [0.25, 0.3) is 0 Å². The van der Waals surface area contributed by atoms with E-state index >= 15 is 0 Å². The first-order valence-electron chi connectivity index (χ1n) is 8.26. The topological polar surface area (TPSA) is 114 Å². The highest BCUT2D eigenvalue weighted by Crippen LogP contribution is 2.24. The second kappa shape index (κ2) is 6.45. The molecule has 0 saturated carbocycles. The van der Waals surface area contributed by atoms with Crippen molar-refractivity contribution in [3.8, 4) is 0 Å². The highest BCUT2D eigenvalue weighted by molar-refractivity contribution is 5.99. The Labute approximate surface area is 154 Å². The van der Waals surface area contributed by atoms with Gasteiger partial charge in [-0.25, -0.2) is 9.78 Å². The molecule has 4 aromatic rings. The Morgan fingerprint density at radius 2 is 1.85 bits per heavy atom. The first-order valence-corrected chi connectivity index (χ1v) is 8.26. The number of hydrogen-bond acceptors (Lipinski definition) is 4. The van der Waals surface area contributed by atoms with Crippen LogP contribution in [0.3, 0.4) is 0 Å². The fourth-order valence-corrected chi connectivity index (χ4v) is 3.26. The normalized spacial score (nSPS) is 11.9. The van der Waals surface area contributed by atoms with Crippen LogP contribution in [0.1, 0.15) is 21.7 Å². The number of nitrogens with zero attached hydrogens (tertiary/aromatic N) is 3. The lowest BCUT2D eigenvalue weighted by Gasteiger charge is -2.11. The molecule has 0 saturated heterocycles. The van der Waals surface area contributed by atoms with Gasteiger partial charge < -0.3 is 20.6 Å². The third kappa shape index (κ3) is 2.85. The van der Waals surface area contributed by atoms with Gasteiger partial charge in [0.1, 0.15) is 17.0 Å². The number of carboxylic acids is 1. The minimum Gasteiger partial charge on any atom is -0.477 e. The molecule has 4 rings (SSSR count). The van der Waals surface area contributed by atoms with Crippen molar-refractivity contribution in [1.82, 2.24) is 9.55 Å². The Kier molecular flexibility index (Phi) is 3.97. The lowest BCUT2D eigenvalue weighted by Crippen LogP contribution is -2.16. The van der Waals surface area contributed by atoms with Crippen molar-refractivity contribution < 1.29 is 15.1 Å². The van der Waals surface area contributed by atoms with Gasteiger partial charge in [-0.1, -0.05) is 47.6 Å². The number of nitrogens with two attached hydrogens (primary N) is 1. The van der Waals surface area contributed by atoms with Crippen LogP contribution in [-0.2, 0) is 6.54 Å². The zero-order valence-electron chi connectivity index (χ0n) is 14.2. The summed E-state index contributed by atoms with van der Waals surface area (Å²) in [7, 11) is 0. The molecule has 0 atom stereocenters. The van der Waals surface area contributed by atoms with Crippen LogP contribution in [0.2, 0.25) is 0 Å². The predicted molar refractivity (Wildman–Crippen MR) is 102 cm³/mol. The molecule has 2 heterocycles. The zero-order valence-corrected chi connectivity index (χ0v) is 14.2. The zero-order chi connectivity index (χ0) is 19.0. The number of hydrogen-bond donors (Lipinski definition) is 3. The van der Waals surface area contributed by atoms with Crippen LogP contribution < -0.4 is 5.73 Å². The minimum atomic E-state index is -1.04. The Morgan fingerprint density at radius 1 is 1.07 bits per heavy atom. The molecule has 0 aliphatic rings. The quantitative estimate of drug-likeness (QED) is 0.224. The number of carboxylic acid groups (broad SMARTS) is 1. The van der Waals surface area contributed by atoms with Gasteiger partial charge in [-0.2, -0.15) is 0 Å². The van der Waals surface area contributed by atoms with Gasteiger partial charge in [0.15, 0.2) is 5.84 Å². The number of fused-ring (bicyclic) bond motifs is 2. The van der Waals surface area contributed by atoms with Crippen molar-refractivity contribution in [2.24, 2.45) is 10.9 Å². The maximum atomic E-state index is 11.8. The molecule has 4 N–H and O–H groups in total. The summed E-state index contributed by atoms with van der Waals surface area (Å²) in [6, 6.07) is 18.7. The van der Waals surface area contributed by atoms with E-state index in [0.717, 1.165) is 16.3 Å². The van der Waals surface area contributed by atoms with E-state index < -0.39 is 5.97 Å². The van der Waals surface area contributed by atoms with Gasteiger partial charge in [0.2, 0.25) is 0 Å². The van der Waals surface area contributed by atoms with Crippen molar-refractivity contribution in [3.63, 3.8) is 0 Å². The van der Waals surface area contributed by atoms with E-state index in [-0.39, 0.29) is 17.2 Å². The van der Waals surface area contributed by atoms with Gasteiger partial charge in [0.05, 0.1) is 6.54 Å². The van der Waals surface area contributed by atoms with Crippen LogP contribution in [0.5, 0.6) is 0 Å². The summed E-state index contributed by atoms with van der Waals surface area (Å²) in [5, 5.41) is 24.3. The molecule has 0 aliphatic heterocycles. The monoisotopic (exact) mass is 360 g/mol. The summed E-state index contributed by atoms with van der Waals surface area (Å²) >= 11 is 0. The van der Waals surface area contributed by atoms with Crippen molar-refractivity contribution in [2.45, 2.75) is 6.54 Å². The van der Waals surface area contributed by atoms with Crippen molar-refractivity contribution in [1.29, 1.82) is 0 Å². The molecular formula is C20H16N4O3. The molecule has 2 aromatic heterocycles. The van der Waals surface area contributed by atoms with E-state index in [2.05, 4.69) is 10.1 Å². The smallest absolute Gasteiger partial charge is 0.352 e. The maximum Gasteiger partial charge on any atom is 0.352 e. The van der Waals surface area contributed by atoms with E-state index in [1.54, 1.807) is 22.8 Å². The van der Waals surface area contributed by atoms with Crippen molar-refractivity contribution in [3.05, 3.63) is 77.6 Å². The highest BCUT2D eigenvalue weighted by atomic mass is 16.4. The summed E-state index contributed by atoms with van der Waals surface area (Å²) in [6.45, 7) is 0.332. The molecule has 27 heavy (non-hydrogen) atoms. The van der Waals surface area contributed by atoms with Crippen LogP contribution in [0, 0.1) is 0 Å². The number of amidine groups is 1. The summed E-state index contributed by atoms with van der Waals surface area (Å²) in [4.78, 5) is 16.2. The Morgan fingerprint density at radius 3 is 2.63 bits per heavy atom. The van der Waals surface area contributed by atoms with Crippen LogP contribution >= 0.6 is 0 Å². The van der Waals surface area contributed by atoms with E-state index in [4.69, 9.17) is 10.9 Å². The van der Waals surface area contributed by atoms with Gasteiger partial charge >= 0.3 is 5.97 Å². The van der Waals surface area contributed by atoms with E-state index in [1.807, 2.05) is 42.5 Å². The molecular weight excluding hydrogens is 344 g/mol. The molecule has 0 bridgehead atoms. The molecule has 0 fully saturated rings. The Bertz CT molecular complexity index is 1210. The lowest BCUT2D eigenvalue weighted by atomic mass is 10.0. The Balaban J connectivity index is 1.93. The number of rotatable bonds is 4. The summed E-state index contributed by atoms with van der Waals surface area (Å²) in [6.07, 6.45) is 0. The molecule has 0 aliphatic carbocycles. The summed E-state index contributed by atoms with van der Waals surface area (Å²) < 4.78 is 1.63. The largest absolute Gasteiger partial charge is 0.477 e. The molecule has 2 aromatic carbocycles. The molecule has 0 radical (unpaired) electrons. The maximum absolute atomic E-state index is 11.8. The van der Waals surface area contributed by atoms with Crippen LogP contribution in [0.15, 0.2) is 65.8 Å². The van der Waals surface area contributed by atoms with E-state index in [0.29, 0.717) is 17.6 Å². The SMILES string of the molecule is N/C(=N\O)c1ccc2cc(C(=O)O)n(Cc3cccc4ccccc34)c2n1. The standard InChI is InChI=1S/C20H16N4O3/c21-18(23-27)16-9-8-13-10-17(20(25)26)24(19(13)22-16)11-14-6-3-5-12-4-1-2-7-15(12)14/h1-10,27H,11H2,(H2,21,23)(H,25,26). The first kappa shape index (κ1) is 16.6. The molecule has 134 valence electrons. The molecule has 0 unspecified atom stereocenters. The first-order chi connectivity index (χ1) is 13.1. The van der Waals surface area contributed by atoms with Gasteiger partial charge in [-0.3, -0.25) is 0 Å².